The molecule has 2 atom stereocenters. The van der Waals surface area contributed by atoms with Gasteiger partial charge in [0, 0.05) is 5.56 Å². The summed E-state index contributed by atoms with van der Waals surface area (Å²) >= 11 is 0. The molecular formula is C10H11F2NO4. The Morgan fingerprint density at radius 1 is 1.35 bits per heavy atom. The molecule has 0 unspecified atom stereocenters. The number of halogens is 2. The van der Waals surface area contributed by atoms with E-state index in [2.05, 4.69) is 4.74 Å². The molecule has 1 rings (SSSR count). The highest BCUT2D eigenvalue weighted by Gasteiger charge is 2.26. The number of benzene rings is 1. The molecule has 1 aromatic carbocycles. The average molecular weight is 247 g/mol. The Morgan fingerprint density at radius 3 is 2.47 bits per heavy atom. The van der Waals surface area contributed by atoms with E-state index >= 15 is 0 Å². The molecule has 0 aromatic heterocycles. The van der Waals surface area contributed by atoms with E-state index in [0.717, 1.165) is 0 Å². The van der Waals surface area contributed by atoms with Gasteiger partial charge in [0.15, 0.2) is 0 Å². The molecule has 0 aliphatic heterocycles. The van der Waals surface area contributed by atoms with Crippen molar-refractivity contribution >= 4 is 5.97 Å². The van der Waals surface area contributed by atoms with Crippen LogP contribution in [0.1, 0.15) is 11.7 Å². The third-order valence-electron chi connectivity index (χ3n) is 2.08. The second-order valence-corrected chi connectivity index (χ2v) is 3.23. The van der Waals surface area contributed by atoms with E-state index in [1.165, 1.54) is 24.3 Å². The Hall–Kier alpha value is -1.73. The summed E-state index contributed by atoms with van der Waals surface area (Å²) in [6.45, 7) is -3.07. The molecule has 0 spiro atoms. The first-order valence-electron chi connectivity index (χ1n) is 4.63. The summed E-state index contributed by atoms with van der Waals surface area (Å²) in [5.74, 6) is -1.74. The first-order valence-corrected chi connectivity index (χ1v) is 4.63. The van der Waals surface area contributed by atoms with Crippen molar-refractivity contribution in [2.24, 2.45) is 5.73 Å². The number of ether oxygens (including phenoxy) is 1. The van der Waals surface area contributed by atoms with Crippen LogP contribution in [0, 0.1) is 0 Å². The quantitative estimate of drug-likeness (QED) is 0.713. The van der Waals surface area contributed by atoms with E-state index in [1.54, 1.807) is 0 Å². The van der Waals surface area contributed by atoms with Gasteiger partial charge in [-0.05, 0) is 6.07 Å². The molecule has 0 saturated heterocycles. The van der Waals surface area contributed by atoms with Gasteiger partial charge in [-0.3, -0.25) is 4.79 Å². The lowest BCUT2D eigenvalue weighted by molar-refractivity contribution is -0.141. The minimum absolute atomic E-state index is 0.0947. The number of carboxylic acid groups (broad SMARTS) is 1. The van der Waals surface area contributed by atoms with Crippen LogP contribution in [0.4, 0.5) is 8.78 Å². The third-order valence-corrected chi connectivity index (χ3v) is 2.08. The zero-order valence-electron chi connectivity index (χ0n) is 8.59. The molecule has 0 aliphatic carbocycles. The molecule has 4 N–H and O–H groups in total. The van der Waals surface area contributed by atoms with Crippen LogP contribution in [0.5, 0.6) is 5.75 Å². The summed E-state index contributed by atoms with van der Waals surface area (Å²) in [6, 6.07) is 3.72. The van der Waals surface area contributed by atoms with Gasteiger partial charge in [-0.2, -0.15) is 8.78 Å². The number of hydrogen-bond acceptors (Lipinski definition) is 4. The number of alkyl halides is 2. The van der Waals surface area contributed by atoms with Crippen molar-refractivity contribution in [2.45, 2.75) is 18.8 Å². The van der Waals surface area contributed by atoms with Gasteiger partial charge in [0.1, 0.15) is 17.9 Å². The summed E-state index contributed by atoms with van der Waals surface area (Å²) in [6.07, 6.45) is -1.62. The highest BCUT2D eigenvalue weighted by atomic mass is 19.3. The maximum Gasteiger partial charge on any atom is 0.387 e. The molecule has 0 amide bonds. The number of nitrogens with two attached hydrogens (primary N) is 1. The molecule has 0 heterocycles. The summed E-state index contributed by atoms with van der Waals surface area (Å²) in [7, 11) is 0. The standard InChI is InChI=1S/C10H11F2NO4/c11-10(12)17-6-4-2-1-3-5(6)8(14)7(13)9(15)16/h1-4,7-8,10,14H,13H2,(H,15,16)/t7-,8+/m1/s1. The van der Waals surface area contributed by atoms with Gasteiger partial charge < -0.3 is 20.7 Å². The molecule has 0 aliphatic rings. The molecule has 0 saturated carbocycles. The number of aliphatic hydroxyl groups excluding tert-OH is 1. The first kappa shape index (κ1) is 13.3. The summed E-state index contributed by atoms with van der Waals surface area (Å²) in [5.41, 5.74) is 5.10. The number of hydrogen-bond donors (Lipinski definition) is 3. The van der Waals surface area contributed by atoms with Crippen molar-refractivity contribution in [3.63, 3.8) is 0 Å². The minimum atomic E-state index is -3.07. The van der Waals surface area contributed by atoms with Crippen LogP contribution >= 0.6 is 0 Å². The van der Waals surface area contributed by atoms with Crippen LogP contribution in [0.25, 0.3) is 0 Å². The van der Waals surface area contributed by atoms with Crippen LogP contribution in [0.3, 0.4) is 0 Å². The summed E-state index contributed by atoms with van der Waals surface area (Å²) < 4.78 is 28.3. The van der Waals surface area contributed by atoms with E-state index in [4.69, 9.17) is 10.8 Å². The van der Waals surface area contributed by atoms with Crippen LogP contribution in [0.15, 0.2) is 24.3 Å². The Morgan fingerprint density at radius 2 is 1.94 bits per heavy atom. The van der Waals surface area contributed by atoms with Crippen LogP contribution in [-0.4, -0.2) is 28.8 Å². The maximum atomic E-state index is 12.1. The number of para-hydroxylation sites is 1. The van der Waals surface area contributed by atoms with E-state index < -0.39 is 24.7 Å². The van der Waals surface area contributed by atoms with E-state index in [1.807, 2.05) is 0 Å². The molecule has 7 heteroatoms. The number of aliphatic hydroxyl groups is 1. The van der Waals surface area contributed by atoms with Crippen molar-refractivity contribution < 1.29 is 28.5 Å². The minimum Gasteiger partial charge on any atom is -0.480 e. The zero-order valence-corrected chi connectivity index (χ0v) is 8.59. The monoisotopic (exact) mass is 247 g/mol. The number of aliphatic carboxylic acids is 1. The number of rotatable bonds is 5. The third kappa shape index (κ3) is 3.36. The fourth-order valence-corrected chi connectivity index (χ4v) is 1.26. The Balaban J connectivity index is 3.00. The Kier molecular flexibility index (Phi) is 4.36. The van der Waals surface area contributed by atoms with Crippen molar-refractivity contribution in [2.75, 3.05) is 0 Å². The van der Waals surface area contributed by atoms with Crippen molar-refractivity contribution in [3.05, 3.63) is 29.8 Å². The second-order valence-electron chi connectivity index (χ2n) is 3.23. The molecule has 0 bridgehead atoms. The fraction of sp³-hybridized carbons (Fsp3) is 0.300. The number of carboxylic acids is 1. The van der Waals surface area contributed by atoms with E-state index in [0.29, 0.717) is 0 Å². The van der Waals surface area contributed by atoms with Crippen molar-refractivity contribution in [3.8, 4) is 5.75 Å². The molecule has 1 aromatic rings. The predicted octanol–water partition coefficient (Wildman–Crippen LogP) is 0.733. The van der Waals surface area contributed by atoms with E-state index in [-0.39, 0.29) is 11.3 Å². The van der Waals surface area contributed by atoms with Gasteiger partial charge in [-0.15, -0.1) is 0 Å². The van der Waals surface area contributed by atoms with Crippen molar-refractivity contribution in [1.82, 2.24) is 0 Å². The molecule has 0 radical (unpaired) electrons. The maximum absolute atomic E-state index is 12.1. The van der Waals surface area contributed by atoms with Crippen LogP contribution < -0.4 is 10.5 Å². The molecular weight excluding hydrogens is 236 g/mol. The largest absolute Gasteiger partial charge is 0.480 e. The lowest BCUT2D eigenvalue weighted by Crippen LogP contribution is -2.36. The molecule has 5 nitrogen and oxygen atoms in total. The Bertz CT molecular complexity index is 400. The zero-order chi connectivity index (χ0) is 13.0. The van der Waals surface area contributed by atoms with Gasteiger partial charge in [-0.1, -0.05) is 18.2 Å². The average Bonchev–Trinajstić information content (AvgIpc) is 2.27. The molecule has 0 fully saturated rings. The normalized spacial score (nSPS) is 14.4. The van der Waals surface area contributed by atoms with E-state index in [9.17, 15) is 18.7 Å². The second kappa shape index (κ2) is 5.55. The summed E-state index contributed by atoms with van der Waals surface area (Å²) in [4.78, 5) is 10.6. The van der Waals surface area contributed by atoms with Gasteiger partial charge in [0.25, 0.3) is 0 Å². The fourth-order valence-electron chi connectivity index (χ4n) is 1.26. The highest BCUT2D eigenvalue weighted by Crippen LogP contribution is 2.27. The van der Waals surface area contributed by atoms with Gasteiger partial charge in [0.2, 0.25) is 0 Å². The van der Waals surface area contributed by atoms with Crippen LogP contribution in [-0.2, 0) is 4.79 Å². The van der Waals surface area contributed by atoms with Gasteiger partial charge in [-0.25, -0.2) is 0 Å². The lowest BCUT2D eigenvalue weighted by Gasteiger charge is -2.18. The predicted molar refractivity (Wildman–Crippen MR) is 53.6 cm³/mol. The Labute approximate surface area is 95.4 Å². The number of carbonyl (C=O) groups is 1. The topological polar surface area (TPSA) is 92.8 Å². The smallest absolute Gasteiger partial charge is 0.387 e. The lowest BCUT2D eigenvalue weighted by atomic mass is 10.0. The first-order chi connectivity index (χ1) is 7.93. The van der Waals surface area contributed by atoms with Gasteiger partial charge >= 0.3 is 12.6 Å². The summed E-state index contributed by atoms with van der Waals surface area (Å²) in [5, 5.41) is 18.2. The SMILES string of the molecule is N[C@@H](C(=O)O)[C@@H](O)c1ccccc1OC(F)F. The molecule has 94 valence electrons. The van der Waals surface area contributed by atoms with Crippen molar-refractivity contribution in [1.29, 1.82) is 0 Å². The van der Waals surface area contributed by atoms with Gasteiger partial charge in [0.05, 0.1) is 0 Å². The highest BCUT2D eigenvalue weighted by molar-refractivity contribution is 5.74. The molecule has 17 heavy (non-hydrogen) atoms. The van der Waals surface area contributed by atoms with Crippen LogP contribution in [0.2, 0.25) is 0 Å².